The Hall–Kier alpha value is -0.740. The summed E-state index contributed by atoms with van der Waals surface area (Å²) in [6.07, 6.45) is -4.23. The van der Waals surface area contributed by atoms with Gasteiger partial charge in [0.25, 0.3) is 0 Å². The first-order valence-corrected chi connectivity index (χ1v) is 4.13. The van der Waals surface area contributed by atoms with Gasteiger partial charge in [-0.2, -0.15) is 13.2 Å². The molecule has 0 saturated carbocycles. The summed E-state index contributed by atoms with van der Waals surface area (Å²) in [7, 11) is 0. The summed E-state index contributed by atoms with van der Waals surface area (Å²) in [4.78, 5) is 10.3. The second-order valence-electron chi connectivity index (χ2n) is 2.47. The number of benzene rings is 1. The monoisotopic (exact) mass is 242 g/mol. The van der Waals surface area contributed by atoms with Gasteiger partial charge in [-0.3, -0.25) is 4.79 Å². The molecule has 0 saturated heterocycles. The maximum atomic E-state index is 12.2. The fourth-order valence-corrected chi connectivity index (χ4v) is 1.36. The Kier molecular flexibility index (Phi) is 3.07. The Labute approximate surface area is 87.4 Å². The zero-order valence-corrected chi connectivity index (χ0v) is 8.04. The number of hydrogen-bond donors (Lipinski definition) is 0. The van der Waals surface area contributed by atoms with Gasteiger partial charge < -0.3 is 0 Å². The van der Waals surface area contributed by atoms with Gasteiger partial charge in [0.15, 0.2) is 6.29 Å². The predicted octanol–water partition coefficient (Wildman–Crippen LogP) is 3.82. The number of carbonyl (C=O) groups excluding carboxylic acids is 1. The Bertz CT molecular complexity index is 374. The normalized spacial score (nSPS) is 11.5. The van der Waals surface area contributed by atoms with Crippen LogP contribution in [0.3, 0.4) is 0 Å². The molecule has 76 valence electrons. The lowest BCUT2D eigenvalue weighted by atomic mass is 10.1. The topological polar surface area (TPSA) is 17.1 Å². The first-order chi connectivity index (χ1) is 6.36. The molecule has 0 bridgehead atoms. The predicted molar refractivity (Wildman–Crippen MR) is 46.9 cm³/mol. The van der Waals surface area contributed by atoms with Crippen LogP contribution in [-0.2, 0) is 6.18 Å². The maximum absolute atomic E-state index is 12.2. The summed E-state index contributed by atoms with van der Waals surface area (Å²) in [5.74, 6) is 0. The second-order valence-corrected chi connectivity index (χ2v) is 3.28. The first kappa shape index (κ1) is 11.3. The molecule has 1 aromatic rings. The first-order valence-electron chi connectivity index (χ1n) is 3.37. The average Bonchev–Trinajstić information content (AvgIpc) is 2.06. The molecule has 0 aliphatic heterocycles. The van der Waals surface area contributed by atoms with Crippen molar-refractivity contribution in [2.75, 3.05) is 0 Å². The smallest absolute Gasteiger partial charge is 0.298 e. The van der Waals surface area contributed by atoms with Crippen molar-refractivity contribution in [3.63, 3.8) is 0 Å². The third-order valence-corrected chi connectivity index (χ3v) is 2.16. The van der Waals surface area contributed by atoms with Crippen molar-refractivity contribution in [1.29, 1.82) is 0 Å². The maximum Gasteiger partial charge on any atom is 0.417 e. The molecule has 14 heavy (non-hydrogen) atoms. The highest BCUT2D eigenvalue weighted by Crippen LogP contribution is 2.37. The van der Waals surface area contributed by atoms with Gasteiger partial charge in [-0.05, 0) is 12.1 Å². The molecule has 0 amide bonds. The van der Waals surface area contributed by atoms with Crippen LogP contribution in [0.4, 0.5) is 13.2 Å². The van der Waals surface area contributed by atoms with E-state index in [4.69, 9.17) is 23.2 Å². The average molecular weight is 243 g/mol. The van der Waals surface area contributed by atoms with E-state index >= 15 is 0 Å². The van der Waals surface area contributed by atoms with Crippen LogP contribution < -0.4 is 0 Å². The summed E-state index contributed by atoms with van der Waals surface area (Å²) >= 11 is 10.7. The molecule has 0 atom stereocenters. The zero-order valence-electron chi connectivity index (χ0n) is 6.53. The van der Waals surface area contributed by atoms with Gasteiger partial charge in [0.05, 0.1) is 15.6 Å². The van der Waals surface area contributed by atoms with Crippen LogP contribution in [0.2, 0.25) is 10.0 Å². The fourth-order valence-electron chi connectivity index (χ4n) is 0.870. The molecule has 0 N–H and O–H groups in total. The Morgan fingerprint density at radius 1 is 1.14 bits per heavy atom. The van der Waals surface area contributed by atoms with Gasteiger partial charge in [0.1, 0.15) is 0 Å². The highest BCUT2D eigenvalue weighted by atomic mass is 35.5. The number of hydrogen-bond acceptors (Lipinski definition) is 1. The lowest BCUT2D eigenvalue weighted by Crippen LogP contribution is -2.06. The van der Waals surface area contributed by atoms with Crippen molar-refractivity contribution >= 4 is 29.5 Å². The molecule has 0 radical (unpaired) electrons. The van der Waals surface area contributed by atoms with E-state index in [1.807, 2.05) is 0 Å². The highest BCUT2D eigenvalue weighted by Gasteiger charge is 2.33. The molecular formula is C8H3Cl2F3O. The van der Waals surface area contributed by atoms with E-state index in [0.29, 0.717) is 12.4 Å². The van der Waals surface area contributed by atoms with Crippen LogP contribution in [0, 0.1) is 0 Å². The highest BCUT2D eigenvalue weighted by molar-refractivity contribution is 6.35. The molecule has 0 heterocycles. The van der Waals surface area contributed by atoms with Gasteiger partial charge in [0, 0.05) is 5.56 Å². The van der Waals surface area contributed by atoms with Crippen molar-refractivity contribution in [1.82, 2.24) is 0 Å². The van der Waals surface area contributed by atoms with Crippen LogP contribution in [0.25, 0.3) is 0 Å². The lowest BCUT2D eigenvalue weighted by Gasteiger charge is -2.09. The minimum atomic E-state index is -4.57. The number of rotatable bonds is 1. The number of halogens is 5. The van der Waals surface area contributed by atoms with Crippen LogP contribution in [0.1, 0.15) is 15.9 Å². The van der Waals surface area contributed by atoms with Crippen molar-refractivity contribution in [3.05, 3.63) is 33.3 Å². The number of alkyl halides is 3. The van der Waals surface area contributed by atoms with Crippen molar-refractivity contribution in [2.45, 2.75) is 6.18 Å². The van der Waals surface area contributed by atoms with Crippen molar-refractivity contribution in [3.8, 4) is 0 Å². The lowest BCUT2D eigenvalue weighted by molar-refractivity contribution is -0.137. The molecule has 0 aromatic heterocycles. The summed E-state index contributed by atoms with van der Waals surface area (Å²) in [5, 5.41) is -0.805. The van der Waals surface area contributed by atoms with E-state index in [1.165, 1.54) is 0 Å². The van der Waals surface area contributed by atoms with Crippen molar-refractivity contribution < 1.29 is 18.0 Å². The third kappa shape index (κ3) is 2.19. The minimum Gasteiger partial charge on any atom is -0.298 e. The Balaban J connectivity index is 3.36. The molecule has 1 aromatic carbocycles. The van der Waals surface area contributed by atoms with Crippen LogP contribution in [0.15, 0.2) is 12.1 Å². The molecule has 0 aliphatic rings. The summed E-state index contributed by atoms with van der Waals surface area (Å²) in [5.41, 5.74) is -1.11. The minimum absolute atomic E-state index is 0.0651. The molecule has 1 nitrogen and oxygen atoms in total. The van der Waals surface area contributed by atoms with Crippen LogP contribution in [-0.4, -0.2) is 6.29 Å². The summed E-state index contributed by atoms with van der Waals surface area (Å²) in [6.45, 7) is 0. The van der Waals surface area contributed by atoms with E-state index in [2.05, 4.69) is 0 Å². The molecule has 0 spiro atoms. The second kappa shape index (κ2) is 3.79. The van der Waals surface area contributed by atoms with Crippen molar-refractivity contribution in [2.24, 2.45) is 0 Å². The van der Waals surface area contributed by atoms with Crippen LogP contribution in [0.5, 0.6) is 0 Å². The fraction of sp³-hybridized carbons (Fsp3) is 0.125. The standard InChI is InChI=1S/C8H3Cl2F3O/c9-6-2-5(8(11,12)13)7(10)1-4(6)3-14/h1-3H. The molecule has 1 rings (SSSR count). The Morgan fingerprint density at radius 2 is 1.71 bits per heavy atom. The van der Waals surface area contributed by atoms with Gasteiger partial charge in [-0.15, -0.1) is 0 Å². The van der Waals surface area contributed by atoms with Gasteiger partial charge in [-0.1, -0.05) is 23.2 Å². The van der Waals surface area contributed by atoms with Crippen LogP contribution >= 0.6 is 23.2 Å². The van der Waals surface area contributed by atoms with E-state index in [-0.39, 0.29) is 10.6 Å². The van der Waals surface area contributed by atoms with E-state index in [9.17, 15) is 18.0 Å². The summed E-state index contributed by atoms with van der Waals surface area (Å²) < 4.78 is 36.7. The van der Waals surface area contributed by atoms with Gasteiger partial charge >= 0.3 is 6.18 Å². The third-order valence-electron chi connectivity index (χ3n) is 1.52. The molecule has 0 aliphatic carbocycles. The van der Waals surface area contributed by atoms with E-state index < -0.39 is 16.8 Å². The van der Waals surface area contributed by atoms with Gasteiger partial charge in [0.2, 0.25) is 0 Å². The number of aldehydes is 1. The SMILES string of the molecule is O=Cc1cc(Cl)c(C(F)(F)F)cc1Cl. The zero-order chi connectivity index (χ0) is 10.9. The molecule has 0 fully saturated rings. The largest absolute Gasteiger partial charge is 0.417 e. The van der Waals surface area contributed by atoms with E-state index in [1.54, 1.807) is 0 Å². The molecule has 6 heteroatoms. The molecular weight excluding hydrogens is 240 g/mol. The number of carbonyl (C=O) groups is 1. The van der Waals surface area contributed by atoms with E-state index in [0.717, 1.165) is 6.07 Å². The quantitative estimate of drug-likeness (QED) is 0.685. The Morgan fingerprint density at radius 3 is 2.14 bits per heavy atom. The van der Waals surface area contributed by atoms with Gasteiger partial charge in [-0.25, -0.2) is 0 Å². The summed E-state index contributed by atoms with van der Waals surface area (Å²) in [6, 6.07) is 1.52. The molecule has 0 unspecified atom stereocenters.